The van der Waals surface area contributed by atoms with Crippen molar-refractivity contribution in [2.24, 2.45) is 0 Å². The Morgan fingerprint density at radius 2 is 2.04 bits per heavy atom. The molecule has 1 saturated heterocycles. The first-order valence-electron chi connectivity index (χ1n) is 8.60. The molecule has 0 aliphatic carbocycles. The van der Waals surface area contributed by atoms with Gasteiger partial charge in [0.1, 0.15) is 4.32 Å². The van der Waals surface area contributed by atoms with E-state index in [9.17, 15) is 4.79 Å². The predicted molar refractivity (Wildman–Crippen MR) is 113 cm³/mol. The summed E-state index contributed by atoms with van der Waals surface area (Å²) in [7, 11) is 0. The zero-order valence-electron chi connectivity index (χ0n) is 15.4. The number of fused-ring (bicyclic) bond motifs is 1. The second-order valence-corrected chi connectivity index (χ2v) is 8.93. The summed E-state index contributed by atoms with van der Waals surface area (Å²) in [6.07, 6.45) is 5.39. The van der Waals surface area contributed by atoms with Crippen molar-refractivity contribution in [3.63, 3.8) is 0 Å². The first-order valence-corrected chi connectivity index (χ1v) is 9.82. The summed E-state index contributed by atoms with van der Waals surface area (Å²) >= 11 is 6.41. The smallest absolute Gasteiger partial charge is 0.263 e. The topological polar surface area (TPSA) is 32.3 Å². The number of carbonyl (C=O) groups excluding carboxylic acids is 1. The summed E-state index contributed by atoms with van der Waals surface area (Å²) < 4.78 is 0.527. The highest BCUT2D eigenvalue weighted by Crippen LogP contribution is 2.41. The van der Waals surface area contributed by atoms with Crippen LogP contribution in [0.15, 0.2) is 23.1 Å². The number of nitrogens with one attached hydrogen (secondary N) is 1. The predicted octanol–water partition coefficient (Wildman–Crippen LogP) is 4.90. The summed E-state index contributed by atoms with van der Waals surface area (Å²) in [5.74, 6) is -0.104. The van der Waals surface area contributed by atoms with Crippen molar-refractivity contribution in [3.05, 3.63) is 39.8 Å². The number of hydrogen-bond donors (Lipinski definition) is 1. The maximum absolute atomic E-state index is 12.0. The van der Waals surface area contributed by atoms with Gasteiger partial charge in [0.2, 0.25) is 0 Å². The van der Waals surface area contributed by atoms with E-state index in [-0.39, 0.29) is 11.4 Å². The molecule has 2 heterocycles. The summed E-state index contributed by atoms with van der Waals surface area (Å²) in [6.45, 7) is 12.0. The Morgan fingerprint density at radius 1 is 1.32 bits per heavy atom. The summed E-state index contributed by atoms with van der Waals surface area (Å²) in [6, 6.07) is 4.46. The van der Waals surface area contributed by atoms with Crippen LogP contribution in [0.3, 0.4) is 0 Å². The molecule has 0 saturated carbocycles. The van der Waals surface area contributed by atoms with Gasteiger partial charge in [-0.3, -0.25) is 4.79 Å². The van der Waals surface area contributed by atoms with Gasteiger partial charge in [0.05, 0.1) is 10.4 Å². The number of amides is 1. The third-order valence-corrected chi connectivity index (χ3v) is 5.90. The van der Waals surface area contributed by atoms with Crippen LogP contribution in [0.25, 0.3) is 11.6 Å². The van der Waals surface area contributed by atoms with Crippen LogP contribution in [0.1, 0.15) is 50.8 Å². The molecule has 1 N–H and O–H groups in total. The molecule has 2 aliphatic rings. The van der Waals surface area contributed by atoms with Crippen molar-refractivity contribution < 1.29 is 4.79 Å². The van der Waals surface area contributed by atoms with Gasteiger partial charge in [-0.15, -0.1) is 0 Å². The Kier molecular flexibility index (Phi) is 4.82. The molecule has 2 aliphatic heterocycles. The van der Waals surface area contributed by atoms with Gasteiger partial charge in [0, 0.05) is 17.8 Å². The normalized spacial score (nSPS) is 20.6. The van der Waals surface area contributed by atoms with Gasteiger partial charge in [-0.05, 0) is 69.0 Å². The fourth-order valence-corrected chi connectivity index (χ4v) is 4.63. The number of aryl methyl sites for hydroxylation is 1. The van der Waals surface area contributed by atoms with E-state index < -0.39 is 0 Å². The molecule has 3 rings (SSSR count). The molecule has 0 radical (unpaired) electrons. The lowest BCUT2D eigenvalue weighted by molar-refractivity contribution is -0.115. The van der Waals surface area contributed by atoms with E-state index in [2.05, 4.69) is 63.0 Å². The van der Waals surface area contributed by atoms with Crippen LogP contribution in [0.5, 0.6) is 0 Å². The molecule has 1 amide bonds. The zero-order valence-corrected chi connectivity index (χ0v) is 17.0. The van der Waals surface area contributed by atoms with Crippen molar-refractivity contribution >= 4 is 51.5 Å². The van der Waals surface area contributed by atoms with E-state index in [0.717, 1.165) is 18.5 Å². The minimum atomic E-state index is -0.104. The Bertz CT molecular complexity index is 821. The Hall–Kier alpha value is -1.59. The van der Waals surface area contributed by atoms with Crippen molar-refractivity contribution in [1.29, 1.82) is 0 Å². The highest BCUT2D eigenvalue weighted by atomic mass is 32.2. The molecule has 1 aromatic carbocycles. The molecule has 132 valence electrons. The quantitative estimate of drug-likeness (QED) is 0.604. The van der Waals surface area contributed by atoms with Gasteiger partial charge in [-0.2, -0.15) is 0 Å². The number of anilines is 1. The second-order valence-electron chi connectivity index (χ2n) is 7.21. The zero-order chi connectivity index (χ0) is 18.4. The van der Waals surface area contributed by atoms with Gasteiger partial charge in [-0.1, -0.05) is 37.0 Å². The molecular formula is C20H24N2OS2. The molecule has 0 spiro atoms. The molecule has 0 unspecified atom stereocenters. The second kappa shape index (κ2) is 6.61. The highest BCUT2D eigenvalue weighted by Gasteiger charge is 2.31. The van der Waals surface area contributed by atoms with Gasteiger partial charge < -0.3 is 10.2 Å². The fraction of sp³-hybridized carbons (Fsp3) is 0.400. The number of thioether (sulfide) groups is 1. The largest absolute Gasteiger partial charge is 0.362 e. The number of carbonyl (C=O) groups is 1. The van der Waals surface area contributed by atoms with Crippen LogP contribution in [-0.2, 0) is 4.79 Å². The Labute approximate surface area is 159 Å². The molecule has 0 atom stereocenters. The average Bonchev–Trinajstić information content (AvgIpc) is 2.82. The van der Waals surface area contributed by atoms with Gasteiger partial charge in [0.15, 0.2) is 0 Å². The number of allylic oxidation sites excluding steroid dienone is 1. The first kappa shape index (κ1) is 18.2. The lowest BCUT2D eigenvalue weighted by Crippen LogP contribution is -2.45. The number of thiocarbonyl (C=S) groups is 1. The number of hydrogen-bond acceptors (Lipinski definition) is 4. The van der Waals surface area contributed by atoms with Crippen LogP contribution in [0.4, 0.5) is 5.69 Å². The maximum atomic E-state index is 12.0. The SMILES string of the molecule is CCCN1c2cc(C)c(/C=C3\SC(=S)NC3=O)cc2C(C)=CC1(C)C. The van der Waals surface area contributed by atoms with Crippen molar-refractivity contribution in [3.8, 4) is 0 Å². The van der Waals surface area contributed by atoms with E-state index in [4.69, 9.17) is 12.2 Å². The third-order valence-electron chi connectivity index (χ3n) is 4.74. The van der Waals surface area contributed by atoms with E-state index in [1.54, 1.807) is 0 Å². The highest BCUT2D eigenvalue weighted by molar-refractivity contribution is 8.26. The number of nitrogens with zero attached hydrogens (tertiary/aromatic N) is 1. The lowest BCUT2D eigenvalue weighted by atomic mass is 9.86. The molecule has 3 nitrogen and oxygen atoms in total. The first-order chi connectivity index (χ1) is 11.7. The van der Waals surface area contributed by atoms with E-state index >= 15 is 0 Å². The number of benzene rings is 1. The van der Waals surface area contributed by atoms with Crippen LogP contribution < -0.4 is 10.2 Å². The van der Waals surface area contributed by atoms with Crippen molar-refractivity contribution in [2.75, 3.05) is 11.4 Å². The van der Waals surface area contributed by atoms with E-state index in [1.165, 1.54) is 34.1 Å². The standard InChI is InChI=1S/C20H24N2OS2/c1-6-7-22-16-8-12(2)14(10-17-18(23)21-19(24)25-17)9-15(16)13(3)11-20(22,4)5/h8-11H,6-7H2,1-5H3,(H,21,23,24)/b17-10-. The summed E-state index contributed by atoms with van der Waals surface area (Å²) in [4.78, 5) is 15.1. The van der Waals surface area contributed by atoms with Crippen LogP contribution in [0, 0.1) is 6.92 Å². The lowest BCUT2D eigenvalue weighted by Gasteiger charge is -2.43. The number of rotatable bonds is 3. The summed E-state index contributed by atoms with van der Waals surface area (Å²) in [5.41, 5.74) is 6.06. The summed E-state index contributed by atoms with van der Waals surface area (Å²) in [5, 5.41) is 2.68. The van der Waals surface area contributed by atoms with E-state index in [1.807, 2.05) is 6.08 Å². The van der Waals surface area contributed by atoms with Crippen molar-refractivity contribution in [1.82, 2.24) is 5.32 Å². The monoisotopic (exact) mass is 372 g/mol. The third kappa shape index (κ3) is 3.40. The molecule has 1 fully saturated rings. The molecule has 1 aromatic rings. The maximum Gasteiger partial charge on any atom is 0.263 e. The minimum absolute atomic E-state index is 0.00684. The van der Waals surface area contributed by atoms with Crippen LogP contribution >= 0.6 is 24.0 Å². The molecule has 5 heteroatoms. The minimum Gasteiger partial charge on any atom is -0.362 e. The Balaban J connectivity index is 2.10. The fourth-order valence-electron chi connectivity index (χ4n) is 3.59. The van der Waals surface area contributed by atoms with Crippen molar-refractivity contribution in [2.45, 2.75) is 46.6 Å². The molecular weight excluding hydrogens is 348 g/mol. The molecule has 0 bridgehead atoms. The van der Waals surface area contributed by atoms with Gasteiger partial charge >= 0.3 is 0 Å². The van der Waals surface area contributed by atoms with Gasteiger partial charge in [-0.25, -0.2) is 0 Å². The molecule has 25 heavy (non-hydrogen) atoms. The Morgan fingerprint density at radius 3 is 2.64 bits per heavy atom. The van der Waals surface area contributed by atoms with E-state index in [0.29, 0.717) is 9.23 Å². The van der Waals surface area contributed by atoms with Crippen LogP contribution in [0.2, 0.25) is 0 Å². The van der Waals surface area contributed by atoms with Gasteiger partial charge in [0.25, 0.3) is 5.91 Å². The average molecular weight is 373 g/mol. The molecule has 0 aromatic heterocycles. The van der Waals surface area contributed by atoms with Crippen LogP contribution in [-0.4, -0.2) is 22.3 Å².